The smallest absolute Gasteiger partial charge is 0.261 e. The first-order chi connectivity index (χ1) is 27.9. The highest BCUT2D eigenvalue weighted by Gasteiger charge is 2.27. The summed E-state index contributed by atoms with van der Waals surface area (Å²) < 4.78 is 14.4. The van der Waals surface area contributed by atoms with E-state index >= 15 is 0 Å². The number of hydrogen-bond acceptors (Lipinski definition) is 10. The molecule has 3 N–H and O–H groups in total. The summed E-state index contributed by atoms with van der Waals surface area (Å²) in [5, 5.41) is 17.0. The van der Waals surface area contributed by atoms with Crippen LogP contribution in [0.1, 0.15) is 78.5 Å². The molecule has 1 saturated carbocycles. The number of nitrogens with one attached hydrogen (secondary N) is 2. The van der Waals surface area contributed by atoms with E-state index in [1.165, 1.54) is 11.1 Å². The van der Waals surface area contributed by atoms with Gasteiger partial charge < -0.3 is 24.5 Å². The number of aliphatic hydroxyl groups is 1. The molecule has 298 valence electrons. The number of unbranched alkanes of at least 4 members (excludes halogenated alkanes) is 1. The van der Waals surface area contributed by atoms with E-state index in [2.05, 4.69) is 67.4 Å². The topological polar surface area (TPSA) is 134 Å². The van der Waals surface area contributed by atoms with Crippen molar-refractivity contribution < 1.29 is 24.2 Å². The molecule has 2 aromatic heterocycles. The number of hydrogen-bond donors (Lipinski definition) is 3. The Balaban J connectivity index is 0.797. The Morgan fingerprint density at radius 3 is 2.44 bits per heavy atom. The van der Waals surface area contributed by atoms with E-state index in [1.807, 2.05) is 30.5 Å². The van der Waals surface area contributed by atoms with Gasteiger partial charge in [0.1, 0.15) is 17.1 Å². The van der Waals surface area contributed by atoms with Gasteiger partial charge in [0.2, 0.25) is 11.9 Å². The fourth-order valence-corrected chi connectivity index (χ4v) is 8.19. The maximum atomic E-state index is 12.4. The first-order valence-corrected chi connectivity index (χ1v) is 20.5. The molecular weight excluding hydrogens is 719 g/mol. The summed E-state index contributed by atoms with van der Waals surface area (Å²) >= 11 is 0. The molecule has 0 spiro atoms. The van der Waals surface area contributed by atoms with Gasteiger partial charge in [-0.3, -0.25) is 24.7 Å². The van der Waals surface area contributed by atoms with Crippen LogP contribution in [0.5, 0.6) is 11.5 Å². The molecule has 5 aromatic rings. The summed E-state index contributed by atoms with van der Waals surface area (Å²) in [5.74, 6) is 1.01. The lowest BCUT2D eigenvalue weighted by Crippen LogP contribution is -2.46. The van der Waals surface area contributed by atoms with Crippen molar-refractivity contribution in [1.82, 2.24) is 29.7 Å². The van der Waals surface area contributed by atoms with Crippen LogP contribution < -0.4 is 15.4 Å². The third-order valence-corrected chi connectivity index (χ3v) is 11.5. The van der Waals surface area contributed by atoms with Crippen molar-refractivity contribution in [2.24, 2.45) is 0 Å². The molecular formula is C45H53N7O5. The molecule has 57 heavy (non-hydrogen) atoms. The number of aliphatic hydroxyl groups excluding tert-OH is 1. The van der Waals surface area contributed by atoms with Gasteiger partial charge in [0.25, 0.3) is 5.91 Å². The molecule has 8 rings (SSSR count). The molecule has 12 nitrogen and oxygen atoms in total. The highest BCUT2D eigenvalue weighted by Crippen LogP contribution is 2.37. The Morgan fingerprint density at radius 1 is 0.912 bits per heavy atom. The molecule has 0 radical (unpaired) electrons. The van der Waals surface area contributed by atoms with Gasteiger partial charge in [-0.2, -0.15) is 4.98 Å². The second-order valence-electron chi connectivity index (χ2n) is 15.6. The number of piperazine rings is 1. The summed E-state index contributed by atoms with van der Waals surface area (Å²) in [5.41, 5.74) is 6.73. The molecule has 0 bridgehead atoms. The number of ether oxygens (including phenoxy) is 2. The Labute approximate surface area is 334 Å². The fourth-order valence-electron chi connectivity index (χ4n) is 8.19. The van der Waals surface area contributed by atoms with E-state index in [-0.39, 0.29) is 18.4 Å². The highest BCUT2D eigenvalue weighted by atomic mass is 16.5. The predicted octanol–water partition coefficient (Wildman–Crippen LogP) is 6.73. The molecule has 3 aliphatic rings. The van der Waals surface area contributed by atoms with Crippen LogP contribution in [0.15, 0.2) is 79.1 Å². The minimum atomic E-state index is -0.427. The number of fused-ring (bicyclic) bond motifs is 2. The second-order valence-corrected chi connectivity index (χ2v) is 15.6. The standard InChI is InChI=1S/C45H53N7O5/c1-2-3-19-46-45-47-27-38-39(29-52(43(38)49-45)35-13-15-36(53)16-14-35)33-11-7-31(8-12-33)28-51-22-20-50(21-23-51)24-25-56-30-32-9-17-37(18-10-32)57-40-6-4-5-34-26-41(54)48-44(55)42(34)40/h4-12,17-18,27,29,35-36,53H,2-3,13-16,19-26,28,30H2,1H3,(H,46,47,49)(H,48,54,55). The normalized spacial score (nSPS) is 19.1. The highest BCUT2D eigenvalue weighted by molar-refractivity contribution is 6.11. The van der Waals surface area contributed by atoms with Crippen molar-refractivity contribution in [3.05, 3.63) is 101 Å². The van der Waals surface area contributed by atoms with Gasteiger partial charge in [-0.05, 0) is 72.6 Å². The SMILES string of the molecule is CCCCNc1ncc2c(-c3ccc(CN4CCN(CCOCc5ccc(Oc6cccc7c6C(=O)NC(=O)C7)cc5)CC4)cc3)cn(C3CCC(O)CC3)c2n1. The summed E-state index contributed by atoms with van der Waals surface area (Å²) in [6.07, 6.45) is 9.94. The van der Waals surface area contributed by atoms with Crippen molar-refractivity contribution >= 4 is 28.8 Å². The predicted molar refractivity (Wildman–Crippen MR) is 220 cm³/mol. The lowest BCUT2D eigenvalue weighted by molar-refractivity contribution is -0.119. The molecule has 2 amide bonds. The zero-order chi connectivity index (χ0) is 39.1. The largest absolute Gasteiger partial charge is 0.457 e. The molecule has 12 heteroatoms. The van der Waals surface area contributed by atoms with E-state index < -0.39 is 5.91 Å². The van der Waals surface area contributed by atoms with Crippen LogP contribution in [0, 0.1) is 0 Å². The van der Waals surface area contributed by atoms with E-state index in [0.29, 0.717) is 47.8 Å². The van der Waals surface area contributed by atoms with E-state index in [4.69, 9.17) is 14.5 Å². The molecule has 3 aromatic carbocycles. The zero-order valence-corrected chi connectivity index (χ0v) is 32.8. The Kier molecular flexibility index (Phi) is 12.2. The Bertz CT molecular complexity index is 2150. The fraction of sp³-hybridized carbons (Fsp3) is 0.422. The second kappa shape index (κ2) is 18.0. The molecule has 0 atom stereocenters. The summed E-state index contributed by atoms with van der Waals surface area (Å²) in [4.78, 5) is 38.9. The summed E-state index contributed by atoms with van der Waals surface area (Å²) in [6, 6.07) is 22.3. The first kappa shape index (κ1) is 38.7. The van der Waals surface area contributed by atoms with Gasteiger partial charge in [0, 0.05) is 75.2 Å². The lowest BCUT2D eigenvalue weighted by Gasteiger charge is -2.34. The summed E-state index contributed by atoms with van der Waals surface area (Å²) in [7, 11) is 0. The van der Waals surface area contributed by atoms with Gasteiger partial charge in [-0.15, -0.1) is 0 Å². The third-order valence-electron chi connectivity index (χ3n) is 11.5. The molecule has 2 aliphatic heterocycles. The van der Waals surface area contributed by atoms with Crippen LogP contribution >= 0.6 is 0 Å². The average molecular weight is 772 g/mol. The van der Waals surface area contributed by atoms with E-state index in [0.717, 1.165) is 106 Å². The number of carbonyl (C=O) groups is 2. The molecule has 1 saturated heterocycles. The quantitative estimate of drug-likeness (QED) is 0.0778. The number of rotatable bonds is 15. The van der Waals surface area contributed by atoms with Gasteiger partial charge in [-0.1, -0.05) is 61.9 Å². The zero-order valence-electron chi connectivity index (χ0n) is 32.8. The van der Waals surface area contributed by atoms with E-state index in [9.17, 15) is 14.7 Å². The maximum absolute atomic E-state index is 12.4. The Morgan fingerprint density at radius 2 is 1.67 bits per heavy atom. The van der Waals surface area contributed by atoms with Gasteiger partial charge in [-0.25, -0.2) is 4.98 Å². The third kappa shape index (κ3) is 9.37. The van der Waals surface area contributed by atoms with Gasteiger partial charge in [0.05, 0.1) is 31.3 Å². The molecule has 4 heterocycles. The number of amides is 2. The minimum absolute atomic E-state index is 0.165. The van der Waals surface area contributed by atoms with Crippen LogP contribution in [0.4, 0.5) is 5.95 Å². The van der Waals surface area contributed by atoms with Crippen molar-refractivity contribution in [2.75, 3.05) is 51.2 Å². The molecule has 1 aliphatic carbocycles. The van der Waals surface area contributed by atoms with E-state index in [1.54, 1.807) is 18.2 Å². The summed E-state index contributed by atoms with van der Waals surface area (Å²) in [6.45, 7) is 10.1. The van der Waals surface area contributed by atoms with Crippen LogP contribution in [-0.4, -0.2) is 93.2 Å². The minimum Gasteiger partial charge on any atom is -0.457 e. The van der Waals surface area contributed by atoms with Crippen molar-refractivity contribution in [3.63, 3.8) is 0 Å². The number of imide groups is 1. The van der Waals surface area contributed by atoms with Crippen LogP contribution in [0.3, 0.4) is 0 Å². The Hall–Kier alpha value is -5.14. The number of aromatic nitrogens is 3. The monoisotopic (exact) mass is 771 g/mol. The number of benzene rings is 3. The van der Waals surface area contributed by atoms with Crippen molar-refractivity contribution in [1.29, 1.82) is 0 Å². The number of nitrogens with zero attached hydrogens (tertiary/aromatic N) is 5. The number of carbonyl (C=O) groups excluding carboxylic acids is 2. The van der Waals surface area contributed by atoms with Crippen LogP contribution in [-0.2, 0) is 29.1 Å². The lowest BCUT2D eigenvalue weighted by atomic mass is 9.93. The van der Waals surface area contributed by atoms with Crippen molar-refractivity contribution in [3.8, 4) is 22.6 Å². The maximum Gasteiger partial charge on any atom is 0.261 e. The molecule has 2 fully saturated rings. The van der Waals surface area contributed by atoms with Crippen LogP contribution in [0.25, 0.3) is 22.2 Å². The molecule has 0 unspecified atom stereocenters. The van der Waals surface area contributed by atoms with Gasteiger partial charge in [0.15, 0.2) is 0 Å². The average Bonchev–Trinajstić information content (AvgIpc) is 3.60. The van der Waals surface area contributed by atoms with Gasteiger partial charge >= 0.3 is 0 Å². The number of anilines is 1. The van der Waals surface area contributed by atoms with Crippen LogP contribution in [0.2, 0.25) is 0 Å². The van der Waals surface area contributed by atoms with Crippen molar-refractivity contribution in [2.45, 2.75) is 77.2 Å². The first-order valence-electron chi connectivity index (χ1n) is 20.5.